The van der Waals surface area contributed by atoms with Crippen molar-refractivity contribution in [1.29, 1.82) is 0 Å². The Bertz CT molecular complexity index is 1090. The predicted octanol–water partition coefficient (Wildman–Crippen LogP) is 2.47. The molecule has 0 spiro atoms. The number of fused-ring (bicyclic) bond motifs is 1. The molecule has 8 nitrogen and oxygen atoms in total. The highest BCUT2D eigenvalue weighted by Gasteiger charge is 2.35. The molecule has 1 N–H and O–H groups in total. The fourth-order valence-corrected chi connectivity index (χ4v) is 3.01. The number of carbonyl (C=O) groups is 5. The summed E-state index contributed by atoms with van der Waals surface area (Å²) in [5, 5.41) is 2.52. The van der Waals surface area contributed by atoms with Crippen molar-refractivity contribution >= 4 is 35.2 Å². The van der Waals surface area contributed by atoms with Gasteiger partial charge in [-0.25, -0.2) is 4.79 Å². The molecule has 2 aromatic carbocycles. The van der Waals surface area contributed by atoms with Crippen molar-refractivity contribution in [2.24, 2.45) is 0 Å². The van der Waals surface area contributed by atoms with Crippen LogP contribution in [0.1, 0.15) is 48.4 Å². The van der Waals surface area contributed by atoms with Crippen LogP contribution < -0.4 is 5.32 Å². The number of rotatable bonds is 7. The second kappa shape index (κ2) is 8.52. The van der Waals surface area contributed by atoms with Crippen molar-refractivity contribution in [3.8, 4) is 0 Å². The van der Waals surface area contributed by atoms with E-state index >= 15 is 0 Å². The summed E-state index contributed by atoms with van der Waals surface area (Å²) in [6.07, 6.45) is 1.43. The van der Waals surface area contributed by atoms with E-state index in [1.54, 1.807) is 24.3 Å². The average molecular weight is 406 g/mol. The van der Waals surface area contributed by atoms with Gasteiger partial charge in [0, 0.05) is 12.1 Å². The smallest absolute Gasteiger partial charge is 0.338 e. The molecule has 3 rings (SSSR count). The number of imide groups is 1. The number of hydrogen-bond acceptors (Lipinski definition) is 6. The summed E-state index contributed by atoms with van der Waals surface area (Å²) in [6.45, 7) is 4.36. The molecule has 0 aliphatic carbocycles. The van der Waals surface area contributed by atoms with E-state index in [9.17, 15) is 24.0 Å². The molecule has 0 bridgehead atoms. The number of amides is 3. The molecule has 1 aliphatic rings. The van der Waals surface area contributed by atoms with E-state index in [0.717, 1.165) is 4.90 Å². The first-order valence-corrected chi connectivity index (χ1v) is 9.01. The van der Waals surface area contributed by atoms with E-state index in [-0.39, 0.29) is 29.0 Å². The molecular weight excluding hydrogens is 388 g/mol. The third-order valence-corrected chi connectivity index (χ3v) is 4.43. The lowest BCUT2D eigenvalue weighted by molar-refractivity contribution is -0.119. The zero-order valence-electron chi connectivity index (χ0n) is 16.1. The minimum atomic E-state index is -0.824. The summed E-state index contributed by atoms with van der Waals surface area (Å²) >= 11 is 0. The molecular formula is C22H18N2O6. The second-order valence-corrected chi connectivity index (χ2v) is 6.50. The van der Waals surface area contributed by atoms with Crippen molar-refractivity contribution in [2.45, 2.75) is 6.92 Å². The molecule has 0 saturated heterocycles. The SMILES string of the molecule is C=CCN1C(=O)c2ccc(C(=O)OCC(=O)Nc3ccccc3C(C)=O)cc2C1=O. The van der Waals surface area contributed by atoms with Gasteiger partial charge in [0.1, 0.15) is 0 Å². The Morgan fingerprint density at radius 2 is 1.77 bits per heavy atom. The van der Waals surface area contributed by atoms with Crippen LogP contribution in [0.4, 0.5) is 5.69 Å². The largest absolute Gasteiger partial charge is 0.452 e. The van der Waals surface area contributed by atoms with Gasteiger partial charge in [-0.05, 0) is 37.3 Å². The summed E-state index contributed by atoms with van der Waals surface area (Å²) in [4.78, 5) is 61.6. The van der Waals surface area contributed by atoms with Gasteiger partial charge in [0.25, 0.3) is 17.7 Å². The molecule has 2 aromatic rings. The molecule has 1 aliphatic heterocycles. The van der Waals surface area contributed by atoms with Crippen LogP contribution in [-0.4, -0.2) is 47.5 Å². The van der Waals surface area contributed by atoms with Gasteiger partial charge >= 0.3 is 5.97 Å². The monoisotopic (exact) mass is 406 g/mol. The number of nitrogens with zero attached hydrogens (tertiary/aromatic N) is 1. The Morgan fingerprint density at radius 1 is 1.07 bits per heavy atom. The Labute approximate surface area is 172 Å². The van der Waals surface area contributed by atoms with Crippen LogP contribution in [0.3, 0.4) is 0 Å². The second-order valence-electron chi connectivity index (χ2n) is 6.50. The van der Waals surface area contributed by atoms with E-state index in [2.05, 4.69) is 11.9 Å². The Hall–Kier alpha value is -4.07. The minimum Gasteiger partial charge on any atom is -0.452 e. The lowest BCUT2D eigenvalue weighted by Gasteiger charge is -2.10. The van der Waals surface area contributed by atoms with Crippen molar-refractivity contribution < 1.29 is 28.7 Å². The summed E-state index contributed by atoms with van der Waals surface area (Å²) in [5.41, 5.74) is 0.971. The first kappa shape index (κ1) is 20.7. The summed E-state index contributed by atoms with van der Waals surface area (Å²) in [6, 6.07) is 10.5. The highest BCUT2D eigenvalue weighted by atomic mass is 16.5. The molecule has 1 heterocycles. The Balaban J connectivity index is 1.66. The van der Waals surface area contributed by atoms with Crippen LogP contribution in [0.5, 0.6) is 0 Å². The van der Waals surface area contributed by atoms with Gasteiger partial charge < -0.3 is 10.1 Å². The van der Waals surface area contributed by atoms with Gasteiger partial charge in [-0.15, -0.1) is 6.58 Å². The summed E-state index contributed by atoms with van der Waals surface area (Å²) < 4.78 is 5.00. The molecule has 0 fully saturated rings. The lowest BCUT2D eigenvalue weighted by Crippen LogP contribution is -2.29. The number of hydrogen-bond donors (Lipinski definition) is 1. The maximum absolute atomic E-state index is 12.3. The highest BCUT2D eigenvalue weighted by molar-refractivity contribution is 6.22. The van der Waals surface area contributed by atoms with E-state index in [0.29, 0.717) is 11.3 Å². The van der Waals surface area contributed by atoms with Gasteiger partial charge in [-0.2, -0.15) is 0 Å². The van der Waals surface area contributed by atoms with Crippen molar-refractivity contribution in [1.82, 2.24) is 4.90 Å². The molecule has 0 radical (unpaired) electrons. The fourth-order valence-electron chi connectivity index (χ4n) is 3.01. The van der Waals surface area contributed by atoms with Crippen LogP contribution in [0, 0.1) is 0 Å². The molecule has 30 heavy (non-hydrogen) atoms. The summed E-state index contributed by atoms with van der Waals surface area (Å²) in [7, 11) is 0. The molecule has 152 valence electrons. The molecule has 0 aromatic heterocycles. The van der Waals surface area contributed by atoms with Crippen LogP contribution in [0.2, 0.25) is 0 Å². The minimum absolute atomic E-state index is 0.0345. The fraction of sp³-hybridized carbons (Fsp3) is 0.136. The van der Waals surface area contributed by atoms with Gasteiger partial charge in [-0.1, -0.05) is 18.2 Å². The maximum Gasteiger partial charge on any atom is 0.338 e. The lowest BCUT2D eigenvalue weighted by atomic mass is 10.1. The quantitative estimate of drug-likeness (QED) is 0.327. The predicted molar refractivity (Wildman–Crippen MR) is 107 cm³/mol. The van der Waals surface area contributed by atoms with E-state index < -0.39 is 30.3 Å². The van der Waals surface area contributed by atoms with E-state index in [1.807, 2.05) is 0 Å². The topological polar surface area (TPSA) is 110 Å². The van der Waals surface area contributed by atoms with Gasteiger partial charge in [0.15, 0.2) is 12.4 Å². The van der Waals surface area contributed by atoms with Crippen LogP contribution in [0.15, 0.2) is 55.1 Å². The van der Waals surface area contributed by atoms with Gasteiger partial charge in [0.05, 0.1) is 22.4 Å². The number of para-hydroxylation sites is 1. The Morgan fingerprint density at radius 3 is 2.47 bits per heavy atom. The first-order chi connectivity index (χ1) is 14.3. The third kappa shape index (κ3) is 4.02. The summed E-state index contributed by atoms with van der Waals surface area (Å²) in [5.74, 6) is -2.65. The first-order valence-electron chi connectivity index (χ1n) is 9.01. The highest BCUT2D eigenvalue weighted by Crippen LogP contribution is 2.24. The standard InChI is InChI=1S/C22H18N2O6/c1-3-10-24-20(27)16-9-8-14(11-17(16)21(24)28)22(29)30-12-19(26)23-18-7-5-4-6-15(18)13(2)25/h3-9,11H,1,10,12H2,2H3,(H,23,26). The van der Waals surface area contributed by atoms with Crippen LogP contribution >= 0.6 is 0 Å². The number of benzene rings is 2. The normalized spacial score (nSPS) is 12.4. The molecule has 0 atom stereocenters. The van der Waals surface area contributed by atoms with Crippen molar-refractivity contribution in [3.05, 3.63) is 77.4 Å². The van der Waals surface area contributed by atoms with Crippen molar-refractivity contribution in [3.63, 3.8) is 0 Å². The van der Waals surface area contributed by atoms with Crippen LogP contribution in [-0.2, 0) is 9.53 Å². The Kier molecular flexibility index (Phi) is 5.87. The third-order valence-electron chi connectivity index (χ3n) is 4.43. The number of Topliss-reactive ketones (excluding diaryl/α,β-unsaturated/α-hetero) is 1. The average Bonchev–Trinajstić information content (AvgIpc) is 2.97. The number of nitrogens with one attached hydrogen (secondary N) is 1. The van der Waals surface area contributed by atoms with Crippen LogP contribution in [0.25, 0.3) is 0 Å². The molecule has 0 saturated carbocycles. The number of carbonyl (C=O) groups excluding carboxylic acids is 5. The maximum atomic E-state index is 12.3. The van der Waals surface area contributed by atoms with Gasteiger partial charge in [-0.3, -0.25) is 24.1 Å². The number of ketones is 1. The zero-order valence-corrected chi connectivity index (χ0v) is 16.1. The molecule has 8 heteroatoms. The van der Waals surface area contributed by atoms with E-state index in [1.165, 1.54) is 31.2 Å². The molecule has 3 amide bonds. The number of anilines is 1. The zero-order chi connectivity index (χ0) is 21.8. The van der Waals surface area contributed by atoms with E-state index in [4.69, 9.17) is 4.74 Å². The molecule has 0 unspecified atom stereocenters. The number of esters is 1. The van der Waals surface area contributed by atoms with Crippen molar-refractivity contribution in [2.75, 3.05) is 18.5 Å². The van der Waals surface area contributed by atoms with Gasteiger partial charge in [0.2, 0.25) is 0 Å². The number of ether oxygens (including phenoxy) is 1.